The summed E-state index contributed by atoms with van der Waals surface area (Å²) in [5, 5.41) is 3.18. The van der Waals surface area contributed by atoms with Crippen LogP contribution in [0.2, 0.25) is 0 Å². The molecule has 2 amide bonds. The minimum atomic E-state index is -1.39. The molecule has 1 fully saturated rings. The number of ether oxygens (including phenoxy) is 1. The average Bonchev–Trinajstić information content (AvgIpc) is 3.65. The molecule has 2 atom stereocenters. The number of halogens is 3. The first kappa shape index (κ1) is 27.6. The van der Waals surface area contributed by atoms with E-state index in [1.165, 1.54) is 24.3 Å². The monoisotopic (exact) mass is 595 g/mol. The summed E-state index contributed by atoms with van der Waals surface area (Å²) in [6, 6.07) is 7.43. The zero-order chi connectivity index (χ0) is 30.0. The fourth-order valence-electron chi connectivity index (χ4n) is 5.37. The summed E-state index contributed by atoms with van der Waals surface area (Å²) >= 11 is 1.23. The largest absolute Gasteiger partial charge is 0.489 e. The van der Waals surface area contributed by atoms with Crippen molar-refractivity contribution in [2.24, 2.45) is 11.7 Å². The standard InChI is InChI=1S/C29H24F3N5O4S/c1-28(26(33)40)12-41-24-16(28)8-22(37-23(24)15-7-18(31)19(32)9-17(15)30)29(11-38,14-3-4-14)10-35-25(39)13-2-5-20-21(6-13)42-27(34)36-20/h2,5-9,11,14H,3-4,10,12H2,1H3,(H2,33,40)(H2,34,36)(H,35,39)/t28-,29+/m0/s1. The van der Waals surface area contributed by atoms with Gasteiger partial charge in [-0.15, -0.1) is 0 Å². The zero-order valence-corrected chi connectivity index (χ0v) is 23.0. The first-order valence-electron chi connectivity index (χ1n) is 13.0. The Morgan fingerprint density at radius 3 is 2.57 bits per heavy atom. The molecule has 0 saturated heterocycles. The van der Waals surface area contributed by atoms with E-state index in [9.17, 15) is 23.2 Å². The number of primary amides is 1. The molecule has 0 bridgehead atoms. The number of fused-ring (bicyclic) bond motifs is 2. The number of aldehydes is 1. The van der Waals surface area contributed by atoms with E-state index in [4.69, 9.17) is 16.2 Å². The number of pyridine rings is 1. The van der Waals surface area contributed by atoms with Crippen molar-refractivity contribution < 1.29 is 32.3 Å². The number of carbonyl (C=O) groups is 3. The third-order valence-corrected chi connectivity index (χ3v) is 8.93. The van der Waals surface area contributed by atoms with Crippen LogP contribution in [-0.2, 0) is 20.4 Å². The molecule has 42 heavy (non-hydrogen) atoms. The van der Waals surface area contributed by atoms with E-state index < -0.39 is 45.7 Å². The number of nitrogens with zero attached hydrogens (tertiary/aromatic N) is 2. The lowest BCUT2D eigenvalue weighted by molar-refractivity contribution is -0.123. The molecule has 216 valence electrons. The molecule has 2 aromatic heterocycles. The second kappa shape index (κ2) is 9.79. The Labute approximate surface area is 241 Å². The molecule has 1 aliphatic heterocycles. The number of nitrogens with two attached hydrogens (primary N) is 2. The van der Waals surface area contributed by atoms with Crippen molar-refractivity contribution in [2.45, 2.75) is 30.6 Å². The van der Waals surface area contributed by atoms with E-state index in [2.05, 4.69) is 15.3 Å². The van der Waals surface area contributed by atoms with Crippen LogP contribution in [0.25, 0.3) is 21.5 Å². The number of benzene rings is 2. The predicted octanol–water partition coefficient (Wildman–Crippen LogP) is 3.77. The van der Waals surface area contributed by atoms with E-state index in [1.807, 2.05) is 0 Å². The molecule has 0 unspecified atom stereocenters. The maximum absolute atomic E-state index is 15.0. The van der Waals surface area contributed by atoms with E-state index in [1.54, 1.807) is 18.2 Å². The van der Waals surface area contributed by atoms with Gasteiger partial charge in [-0.3, -0.25) is 9.59 Å². The lowest BCUT2D eigenvalue weighted by atomic mass is 9.76. The number of aromatic nitrogens is 2. The van der Waals surface area contributed by atoms with Crippen molar-refractivity contribution in [3.8, 4) is 17.0 Å². The van der Waals surface area contributed by atoms with Crippen LogP contribution in [0.3, 0.4) is 0 Å². The van der Waals surface area contributed by atoms with Crippen molar-refractivity contribution in [1.29, 1.82) is 0 Å². The van der Waals surface area contributed by atoms with Crippen LogP contribution in [0, 0.1) is 23.4 Å². The molecule has 9 nitrogen and oxygen atoms in total. The smallest absolute Gasteiger partial charge is 0.251 e. The first-order chi connectivity index (χ1) is 20.0. The first-order valence-corrected chi connectivity index (χ1v) is 13.8. The SMILES string of the molecule is C[C@]1(C(N)=O)COc2c1cc([C@@](C=O)(CNC(=O)c1ccc3nc(N)sc3c1)C1CC1)nc2-c1cc(F)c(F)cc1F. The normalized spacial score (nSPS) is 19.1. The number of anilines is 1. The molecule has 2 aromatic carbocycles. The molecule has 5 N–H and O–H groups in total. The Morgan fingerprint density at radius 2 is 1.88 bits per heavy atom. The molecule has 3 heterocycles. The number of nitrogens with one attached hydrogen (secondary N) is 1. The van der Waals surface area contributed by atoms with Gasteiger partial charge in [0.2, 0.25) is 5.91 Å². The molecule has 1 aliphatic carbocycles. The van der Waals surface area contributed by atoms with E-state index >= 15 is 4.39 Å². The molecule has 4 aromatic rings. The Bertz CT molecular complexity index is 1810. The summed E-state index contributed by atoms with van der Waals surface area (Å²) in [7, 11) is 0. The molecule has 1 saturated carbocycles. The third-order valence-electron chi connectivity index (χ3n) is 8.08. The summed E-state index contributed by atoms with van der Waals surface area (Å²) in [4.78, 5) is 47.4. The van der Waals surface area contributed by atoms with Gasteiger partial charge in [-0.2, -0.15) is 0 Å². The molecular formula is C29H24F3N5O4S. The maximum atomic E-state index is 15.0. The van der Waals surface area contributed by atoms with E-state index in [0.29, 0.717) is 52.2 Å². The summed E-state index contributed by atoms with van der Waals surface area (Å²) in [6.07, 6.45) is 1.95. The van der Waals surface area contributed by atoms with Crippen molar-refractivity contribution in [3.05, 3.63) is 70.7 Å². The van der Waals surface area contributed by atoms with Crippen LogP contribution >= 0.6 is 11.3 Å². The maximum Gasteiger partial charge on any atom is 0.251 e. The van der Waals surface area contributed by atoms with Crippen LogP contribution in [0.15, 0.2) is 36.4 Å². The number of nitrogen functional groups attached to an aromatic ring is 1. The van der Waals surface area contributed by atoms with Gasteiger partial charge in [0.1, 0.15) is 35.6 Å². The van der Waals surface area contributed by atoms with Gasteiger partial charge >= 0.3 is 0 Å². The van der Waals surface area contributed by atoms with Gasteiger partial charge in [0.25, 0.3) is 5.91 Å². The number of carbonyl (C=O) groups excluding carboxylic acids is 3. The minimum absolute atomic E-state index is 0.0262. The zero-order valence-electron chi connectivity index (χ0n) is 22.2. The number of amides is 2. The third kappa shape index (κ3) is 4.35. The van der Waals surface area contributed by atoms with Crippen LogP contribution in [0.4, 0.5) is 18.3 Å². The molecule has 0 spiro atoms. The van der Waals surface area contributed by atoms with Crippen molar-refractivity contribution in [3.63, 3.8) is 0 Å². The number of hydrogen-bond donors (Lipinski definition) is 3. The van der Waals surface area contributed by atoms with Gasteiger partial charge in [-0.25, -0.2) is 23.1 Å². The molecule has 13 heteroatoms. The second-order valence-electron chi connectivity index (χ2n) is 10.8. The number of thiazole rings is 1. The Balaban J connectivity index is 1.46. The van der Waals surface area contributed by atoms with Gasteiger partial charge in [-0.05, 0) is 56.0 Å². The summed E-state index contributed by atoms with van der Waals surface area (Å²) in [5.74, 6) is -5.31. The van der Waals surface area contributed by atoms with Crippen LogP contribution in [-0.4, -0.2) is 41.2 Å². The van der Waals surface area contributed by atoms with E-state index in [0.717, 1.165) is 0 Å². The second-order valence-corrected chi connectivity index (χ2v) is 11.9. The average molecular weight is 596 g/mol. The van der Waals surface area contributed by atoms with Crippen LogP contribution in [0.5, 0.6) is 5.75 Å². The topological polar surface area (TPSA) is 150 Å². The lowest BCUT2D eigenvalue weighted by Gasteiger charge is -2.30. The van der Waals surface area contributed by atoms with Gasteiger partial charge in [0.15, 0.2) is 16.8 Å². The Kier molecular flexibility index (Phi) is 6.44. The summed E-state index contributed by atoms with van der Waals surface area (Å²) < 4.78 is 49.6. The highest BCUT2D eigenvalue weighted by Crippen LogP contribution is 2.50. The van der Waals surface area contributed by atoms with Crippen molar-refractivity contribution in [1.82, 2.24) is 15.3 Å². The molecule has 2 aliphatic rings. The molecule has 6 rings (SSSR count). The number of hydrogen-bond acceptors (Lipinski definition) is 8. The Hall–Kier alpha value is -4.52. The quantitative estimate of drug-likeness (QED) is 0.207. The lowest BCUT2D eigenvalue weighted by Crippen LogP contribution is -2.45. The highest BCUT2D eigenvalue weighted by atomic mass is 32.1. The fraction of sp³-hybridized carbons (Fsp3) is 0.276. The van der Waals surface area contributed by atoms with Crippen molar-refractivity contribution >= 4 is 44.8 Å². The van der Waals surface area contributed by atoms with Gasteiger partial charge < -0.3 is 26.3 Å². The minimum Gasteiger partial charge on any atom is -0.489 e. The van der Waals surface area contributed by atoms with Crippen LogP contribution in [0.1, 0.15) is 41.4 Å². The highest BCUT2D eigenvalue weighted by Gasteiger charge is 2.51. The molecular weight excluding hydrogens is 571 g/mol. The van der Waals surface area contributed by atoms with E-state index in [-0.39, 0.29) is 41.8 Å². The highest BCUT2D eigenvalue weighted by molar-refractivity contribution is 7.22. The summed E-state index contributed by atoms with van der Waals surface area (Å²) in [6.45, 7) is 1.14. The van der Waals surface area contributed by atoms with Gasteiger partial charge in [0.05, 0.1) is 21.3 Å². The number of rotatable bonds is 8. The molecule has 0 radical (unpaired) electrons. The fourth-order valence-corrected chi connectivity index (χ4v) is 6.14. The van der Waals surface area contributed by atoms with Gasteiger partial charge in [-0.1, -0.05) is 11.3 Å². The van der Waals surface area contributed by atoms with Crippen molar-refractivity contribution in [2.75, 3.05) is 18.9 Å². The van der Waals surface area contributed by atoms with Crippen LogP contribution < -0.4 is 21.5 Å². The Morgan fingerprint density at radius 1 is 1.14 bits per heavy atom. The van der Waals surface area contributed by atoms with Gasteiger partial charge in [0, 0.05) is 29.3 Å². The summed E-state index contributed by atoms with van der Waals surface area (Å²) in [5.41, 5.74) is 9.39. The predicted molar refractivity (Wildman–Crippen MR) is 148 cm³/mol.